The van der Waals surface area contributed by atoms with Crippen molar-refractivity contribution in [2.24, 2.45) is 0 Å². The quantitative estimate of drug-likeness (QED) is 0.841. The molecule has 0 aliphatic carbocycles. The Morgan fingerprint density at radius 1 is 1.47 bits per heavy atom. The number of rotatable bonds is 4. The third-order valence-electron chi connectivity index (χ3n) is 3.52. The topological polar surface area (TPSA) is 40.9 Å². The van der Waals surface area contributed by atoms with E-state index in [1.807, 2.05) is 12.1 Å². The molecule has 2 fully saturated rings. The molecule has 1 aromatic rings. The number of hydrogen-bond acceptors (Lipinski definition) is 4. The number of hydrogen-bond donors (Lipinski definition) is 1. The fraction of sp³-hybridized carbons (Fsp3) is 0.615. The number of nitrogens with one attached hydrogen (secondary N) is 1. The van der Waals surface area contributed by atoms with Crippen LogP contribution in [0, 0.1) is 0 Å². The molecule has 1 N–H and O–H groups in total. The highest BCUT2D eigenvalue weighted by Crippen LogP contribution is 2.15. The van der Waals surface area contributed by atoms with E-state index in [2.05, 4.69) is 15.1 Å². The van der Waals surface area contributed by atoms with Gasteiger partial charge in [-0.3, -0.25) is 4.90 Å². The van der Waals surface area contributed by atoms with Crippen LogP contribution in [0.1, 0.15) is 18.6 Å². The van der Waals surface area contributed by atoms with Crippen LogP contribution >= 0.6 is 12.2 Å². The van der Waals surface area contributed by atoms with Crippen molar-refractivity contribution < 1.29 is 9.15 Å². The Labute approximate surface area is 118 Å². The van der Waals surface area contributed by atoms with Crippen LogP contribution in [-0.2, 0) is 11.3 Å². The SMILES string of the molecule is S=C1NCN(Cc2ccco2)CN1C[C@H]1CCCO1. The summed E-state index contributed by atoms with van der Waals surface area (Å²) in [5.41, 5.74) is 0. The number of furan rings is 1. The lowest BCUT2D eigenvalue weighted by atomic mass is 10.2. The van der Waals surface area contributed by atoms with Crippen LogP contribution in [0.25, 0.3) is 0 Å². The molecule has 0 unspecified atom stereocenters. The highest BCUT2D eigenvalue weighted by atomic mass is 32.1. The molecule has 0 saturated carbocycles. The summed E-state index contributed by atoms with van der Waals surface area (Å²) in [6.45, 7) is 4.15. The van der Waals surface area contributed by atoms with Gasteiger partial charge in [0.15, 0.2) is 5.11 Å². The average Bonchev–Trinajstić information content (AvgIpc) is 3.07. The van der Waals surface area contributed by atoms with Gasteiger partial charge in [-0.2, -0.15) is 0 Å². The van der Waals surface area contributed by atoms with Crippen LogP contribution in [0.2, 0.25) is 0 Å². The number of ether oxygens (including phenoxy) is 1. The van der Waals surface area contributed by atoms with Crippen LogP contribution in [0.15, 0.2) is 22.8 Å². The van der Waals surface area contributed by atoms with Crippen LogP contribution in [-0.4, -0.2) is 47.5 Å². The molecule has 1 atom stereocenters. The monoisotopic (exact) mass is 281 g/mol. The minimum absolute atomic E-state index is 0.323. The van der Waals surface area contributed by atoms with Crippen molar-refractivity contribution in [2.75, 3.05) is 26.5 Å². The van der Waals surface area contributed by atoms with Gasteiger partial charge in [-0.25, -0.2) is 0 Å². The van der Waals surface area contributed by atoms with Gasteiger partial charge in [-0.05, 0) is 37.2 Å². The average molecular weight is 281 g/mol. The molecule has 3 rings (SSSR count). The van der Waals surface area contributed by atoms with E-state index in [0.29, 0.717) is 6.10 Å². The van der Waals surface area contributed by atoms with E-state index < -0.39 is 0 Å². The van der Waals surface area contributed by atoms with Gasteiger partial charge in [0.25, 0.3) is 0 Å². The van der Waals surface area contributed by atoms with Crippen molar-refractivity contribution in [3.8, 4) is 0 Å². The lowest BCUT2D eigenvalue weighted by molar-refractivity contribution is 0.0621. The summed E-state index contributed by atoms with van der Waals surface area (Å²) < 4.78 is 11.1. The van der Waals surface area contributed by atoms with Crippen molar-refractivity contribution in [3.05, 3.63) is 24.2 Å². The third kappa shape index (κ3) is 3.26. The van der Waals surface area contributed by atoms with Gasteiger partial charge in [0, 0.05) is 13.2 Å². The van der Waals surface area contributed by atoms with E-state index in [-0.39, 0.29) is 0 Å². The van der Waals surface area contributed by atoms with Crippen LogP contribution < -0.4 is 5.32 Å². The minimum Gasteiger partial charge on any atom is -0.468 e. The Bertz CT molecular complexity index is 418. The molecule has 19 heavy (non-hydrogen) atoms. The maximum Gasteiger partial charge on any atom is 0.171 e. The maximum absolute atomic E-state index is 5.68. The summed E-state index contributed by atoms with van der Waals surface area (Å²) in [7, 11) is 0. The molecule has 0 aromatic carbocycles. The Hall–Kier alpha value is -1.11. The Morgan fingerprint density at radius 2 is 2.42 bits per heavy atom. The van der Waals surface area contributed by atoms with Crippen molar-refractivity contribution in [3.63, 3.8) is 0 Å². The molecule has 0 radical (unpaired) electrons. The largest absolute Gasteiger partial charge is 0.468 e. The predicted octanol–water partition coefficient (Wildman–Crippen LogP) is 1.37. The van der Waals surface area contributed by atoms with Gasteiger partial charge >= 0.3 is 0 Å². The van der Waals surface area contributed by atoms with Crippen LogP contribution in [0.3, 0.4) is 0 Å². The van der Waals surface area contributed by atoms with Crippen molar-refractivity contribution >= 4 is 17.3 Å². The normalized spacial score (nSPS) is 24.7. The summed E-state index contributed by atoms with van der Waals surface area (Å²) in [5, 5.41) is 4.08. The van der Waals surface area contributed by atoms with E-state index in [0.717, 1.165) is 56.7 Å². The van der Waals surface area contributed by atoms with Gasteiger partial charge in [-0.15, -0.1) is 0 Å². The Kier molecular flexibility index (Phi) is 4.00. The van der Waals surface area contributed by atoms with E-state index >= 15 is 0 Å². The zero-order valence-corrected chi connectivity index (χ0v) is 11.7. The molecule has 2 aliphatic heterocycles. The van der Waals surface area contributed by atoms with Gasteiger partial charge in [0.1, 0.15) is 5.76 Å². The molecule has 0 amide bonds. The molecule has 3 heterocycles. The van der Waals surface area contributed by atoms with Crippen LogP contribution in [0.4, 0.5) is 0 Å². The molecule has 5 nitrogen and oxygen atoms in total. The maximum atomic E-state index is 5.68. The molecule has 6 heteroatoms. The van der Waals surface area contributed by atoms with E-state index in [1.54, 1.807) is 6.26 Å². The molecular formula is C13H19N3O2S. The van der Waals surface area contributed by atoms with Crippen molar-refractivity contribution in [1.29, 1.82) is 0 Å². The first-order valence-electron chi connectivity index (χ1n) is 6.70. The lowest BCUT2D eigenvalue weighted by Crippen LogP contribution is -2.57. The first-order valence-corrected chi connectivity index (χ1v) is 7.11. The fourth-order valence-electron chi connectivity index (χ4n) is 2.55. The smallest absolute Gasteiger partial charge is 0.171 e. The van der Waals surface area contributed by atoms with E-state index in [1.165, 1.54) is 0 Å². The zero-order valence-electron chi connectivity index (χ0n) is 10.9. The molecule has 104 valence electrons. The lowest BCUT2D eigenvalue weighted by Gasteiger charge is -2.38. The number of nitrogens with zero attached hydrogens (tertiary/aromatic N) is 2. The van der Waals surface area contributed by atoms with E-state index in [9.17, 15) is 0 Å². The van der Waals surface area contributed by atoms with Gasteiger partial charge in [-0.1, -0.05) is 0 Å². The summed E-state index contributed by atoms with van der Waals surface area (Å²) in [4.78, 5) is 4.45. The van der Waals surface area contributed by atoms with Crippen LogP contribution in [0.5, 0.6) is 0 Å². The molecule has 1 aromatic heterocycles. The third-order valence-corrected chi connectivity index (χ3v) is 3.92. The van der Waals surface area contributed by atoms with E-state index in [4.69, 9.17) is 21.4 Å². The summed E-state index contributed by atoms with van der Waals surface area (Å²) in [5.74, 6) is 0.978. The molecule has 0 bridgehead atoms. The fourth-order valence-corrected chi connectivity index (χ4v) is 2.75. The molecular weight excluding hydrogens is 262 g/mol. The second-order valence-electron chi connectivity index (χ2n) is 5.05. The van der Waals surface area contributed by atoms with Gasteiger partial charge < -0.3 is 19.4 Å². The Morgan fingerprint density at radius 3 is 3.16 bits per heavy atom. The molecule has 2 aliphatic rings. The Balaban J connectivity index is 1.55. The van der Waals surface area contributed by atoms with Crippen molar-refractivity contribution in [1.82, 2.24) is 15.1 Å². The molecule has 2 saturated heterocycles. The van der Waals surface area contributed by atoms with Gasteiger partial charge in [0.05, 0.1) is 32.2 Å². The minimum atomic E-state index is 0.323. The summed E-state index contributed by atoms with van der Waals surface area (Å²) in [6, 6.07) is 3.92. The van der Waals surface area contributed by atoms with Gasteiger partial charge in [0.2, 0.25) is 0 Å². The zero-order chi connectivity index (χ0) is 13.1. The molecule has 0 spiro atoms. The highest BCUT2D eigenvalue weighted by molar-refractivity contribution is 7.80. The summed E-state index contributed by atoms with van der Waals surface area (Å²) in [6.07, 6.45) is 4.33. The highest BCUT2D eigenvalue weighted by Gasteiger charge is 2.25. The first kappa shape index (κ1) is 12.9. The standard InChI is InChI=1S/C13H19N3O2S/c19-13-14-9-15(7-11-3-1-5-17-11)10-16(13)8-12-4-2-6-18-12/h1,3,5,12H,2,4,6-10H2,(H,14,19)/t12-/m1/s1. The van der Waals surface area contributed by atoms with Crippen molar-refractivity contribution in [2.45, 2.75) is 25.5 Å². The predicted molar refractivity (Wildman–Crippen MR) is 75.4 cm³/mol. The first-order chi connectivity index (χ1) is 9.31. The second-order valence-corrected chi connectivity index (χ2v) is 5.43. The summed E-state index contributed by atoms with van der Waals surface area (Å²) >= 11 is 5.37. The number of thiocarbonyl (C=S) groups is 1. The second kappa shape index (κ2) is 5.90.